The first-order valence-corrected chi connectivity index (χ1v) is 5.64. The van der Waals surface area contributed by atoms with Crippen molar-refractivity contribution in [3.63, 3.8) is 0 Å². The smallest absolute Gasteiger partial charge is 0.186 e. The molecular formula is C14H12O3. The predicted octanol–water partition coefficient (Wildman–Crippen LogP) is 2.01. The minimum atomic E-state index is -0.555. The van der Waals surface area contributed by atoms with Gasteiger partial charge in [-0.3, -0.25) is 9.59 Å². The van der Waals surface area contributed by atoms with Crippen molar-refractivity contribution in [3.8, 4) is 0 Å². The van der Waals surface area contributed by atoms with E-state index in [9.17, 15) is 9.59 Å². The molecule has 1 unspecified atom stereocenters. The van der Waals surface area contributed by atoms with Gasteiger partial charge in [0.2, 0.25) is 0 Å². The summed E-state index contributed by atoms with van der Waals surface area (Å²) < 4.78 is 5.72. The topological polar surface area (TPSA) is 43.4 Å². The fraction of sp³-hybridized carbons (Fsp3) is 0.286. The summed E-state index contributed by atoms with van der Waals surface area (Å²) in [5, 5.41) is 0. The van der Waals surface area contributed by atoms with Crippen molar-refractivity contribution in [2.45, 2.75) is 25.0 Å². The third-order valence-electron chi connectivity index (χ3n) is 3.45. The van der Waals surface area contributed by atoms with E-state index in [4.69, 9.17) is 4.74 Å². The number of hydrogen-bond acceptors (Lipinski definition) is 3. The molecule has 2 atom stereocenters. The minimum absolute atomic E-state index is 0.00102. The van der Waals surface area contributed by atoms with Crippen molar-refractivity contribution in [1.82, 2.24) is 0 Å². The Morgan fingerprint density at radius 3 is 2.82 bits per heavy atom. The summed E-state index contributed by atoms with van der Waals surface area (Å²) in [7, 11) is 0. The van der Waals surface area contributed by atoms with Crippen LogP contribution in [0.5, 0.6) is 0 Å². The lowest BCUT2D eigenvalue weighted by atomic mass is 9.75. The van der Waals surface area contributed by atoms with E-state index in [2.05, 4.69) is 0 Å². The number of ketones is 2. The molecule has 1 aliphatic carbocycles. The summed E-state index contributed by atoms with van der Waals surface area (Å²) in [4.78, 5) is 22.9. The predicted molar refractivity (Wildman–Crippen MR) is 61.8 cm³/mol. The van der Waals surface area contributed by atoms with Gasteiger partial charge >= 0.3 is 0 Å². The number of benzene rings is 1. The van der Waals surface area contributed by atoms with Gasteiger partial charge in [0.15, 0.2) is 11.6 Å². The first-order valence-electron chi connectivity index (χ1n) is 5.64. The molecule has 1 fully saturated rings. The van der Waals surface area contributed by atoms with E-state index in [1.54, 1.807) is 18.2 Å². The van der Waals surface area contributed by atoms with Crippen LogP contribution in [0.3, 0.4) is 0 Å². The van der Waals surface area contributed by atoms with Crippen LogP contribution in [0.4, 0.5) is 0 Å². The number of rotatable bonds is 1. The van der Waals surface area contributed by atoms with E-state index in [0.29, 0.717) is 12.0 Å². The second kappa shape index (κ2) is 3.37. The number of fused-ring (bicyclic) bond motifs is 2. The Balaban J connectivity index is 2.02. The molecule has 0 amide bonds. The summed E-state index contributed by atoms with van der Waals surface area (Å²) in [6, 6.07) is 7.42. The van der Waals surface area contributed by atoms with Gasteiger partial charge in [0.1, 0.15) is 11.7 Å². The Kier molecular flexibility index (Phi) is 2.07. The monoisotopic (exact) mass is 228 g/mol. The SMILES string of the molecule is CC(=O)[C@H]1CC2(C=CC(=O)c3ccccc32)O1. The molecule has 1 aromatic rings. The average molecular weight is 228 g/mol. The van der Waals surface area contributed by atoms with Crippen molar-refractivity contribution in [1.29, 1.82) is 0 Å². The van der Waals surface area contributed by atoms with Crippen LogP contribution in [-0.2, 0) is 15.1 Å². The molecule has 1 aliphatic heterocycles. The van der Waals surface area contributed by atoms with Crippen LogP contribution in [0.15, 0.2) is 36.4 Å². The van der Waals surface area contributed by atoms with E-state index < -0.39 is 5.60 Å². The molecule has 3 nitrogen and oxygen atoms in total. The van der Waals surface area contributed by atoms with E-state index in [1.807, 2.05) is 18.2 Å². The van der Waals surface area contributed by atoms with E-state index in [1.165, 1.54) is 6.92 Å². The first kappa shape index (κ1) is 10.4. The maximum atomic E-state index is 11.7. The van der Waals surface area contributed by atoms with Gasteiger partial charge in [-0.25, -0.2) is 0 Å². The molecule has 3 rings (SSSR count). The highest BCUT2D eigenvalue weighted by Gasteiger charge is 2.49. The van der Waals surface area contributed by atoms with Gasteiger partial charge in [0.05, 0.1) is 0 Å². The lowest BCUT2D eigenvalue weighted by Crippen LogP contribution is -2.51. The zero-order valence-electron chi connectivity index (χ0n) is 9.47. The van der Waals surface area contributed by atoms with E-state index in [-0.39, 0.29) is 17.7 Å². The highest BCUT2D eigenvalue weighted by molar-refractivity contribution is 6.07. The van der Waals surface area contributed by atoms with Crippen LogP contribution in [0.2, 0.25) is 0 Å². The molecule has 86 valence electrons. The molecule has 1 aromatic carbocycles. The molecule has 0 radical (unpaired) electrons. The quantitative estimate of drug-likeness (QED) is 0.738. The van der Waals surface area contributed by atoms with Gasteiger partial charge in [0.25, 0.3) is 0 Å². The lowest BCUT2D eigenvalue weighted by molar-refractivity contribution is -0.189. The summed E-state index contributed by atoms with van der Waals surface area (Å²) in [5.74, 6) is 0.0412. The van der Waals surface area contributed by atoms with Crippen molar-refractivity contribution < 1.29 is 14.3 Å². The first-order chi connectivity index (χ1) is 8.12. The molecule has 0 saturated carbocycles. The largest absolute Gasteiger partial charge is 0.355 e. The Bertz CT molecular complexity index is 536. The minimum Gasteiger partial charge on any atom is -0.355 e. The van der Waals surface area contributed by atoms with Gasteiger partial charge in [0, 0.05) is 12.0 Å². The maximum Gasteiger partial charge on any atom is 0.186 e. The molecule has 1 heterocycles. The van der Waals surface area contributed by atoms with Crippen molar-refractivity contribution >= 4 is 11.6 Å². The van der Waals surface area contributed by atoms with Crippen LogP contribution in [0, 0.1) is 0 Å². The Labute approximate surface area is 99.1 Å². The van der Waals surface area contributed by atoms with Crippen molar-refractivity contribution in [3.05, 3.63) is 47.5 Å². The molecule has 3 heteroatoms. The van der Waals surface area contributed by atoms with Gasteiger partial charge in [-0.05, 0) is 24.6 Å². The third kappa shape index (κ3) is 1.39. The van der Waals surface area contributed by atoms with Gasteiger partial charge in [-0.15, -0.1) is 0 Å². The number of carbonyl (C=O) groups excluding carboxylic acids is 2. The van der Waals surface area contributed by atoms with Gasteiger partial charge < -0.3 is 4.74 Å². The summed E-state index contributed by atoms with van der Waals surface area (Å²) in [5.41, 5.74) is 1.00. The Morgan fingerprint density at radius 2 is 2.12 bits per heavy atom. The Hall–Kier alpha value is -1.74. The standard InChI is InChI=1S/C14H12O3/c1-9(15)13-8-14(17-13)7-6-12(16)10-4-2-3-5-11(10)14/h2-7,13H,8H2,1H3/t13-,14?/m1/s1. The van der Waals surface area contributed by atoms with E-state index in [0.717, 1.165) is 5.56 Å². The molecule has 17 heavy (non-hydrogen) atoms. The average Bonchev–Trinajstić information content (AvgIpc) is 2.27. The number of ether oxygens (including phenoxy) is 1. The van der Waals surface area contributed by atoms with Gasteiger partial charge in [-0.2, -0.15) is 0 Å². The maximum absolute atomic E-state index is 11.7. The van der Waals surface area contributed by atoms with Crippen molar-refractivity contribution in [2.24, 2.45) is 0 Å². The molecule has 0 N–H and O–H groups in total. The van der Waals surface area contributed by atoms with Crippen molar-refractivity contribution in [2.75, 3.05) is 0 Å². The van der Waals surface area contributed by atoms with Crippen LogP contribution in [0.25, 0.3) is 0 Å². The zero-order chi connectivity index (χ0) is 12.0. The second-order valence-corrected chi connectivity index (χ2v) is 4.55. The summed E-state index contributed by atoms with van der Waals surface area (Å²) in [6.45, 7) is 1.53. The molecule has 0 aromatic heterocycles. The van der Waals surface area contributed by atoms with Crippen LogP contribution in [-0.4, -0.2) is 17.7 Å². The molecule has 0 bridgehead atoms. The number of Topliss-reactive ketones (excluding diaryl/α,β-unsaturated/α-hetero) is 1. The third-order valence-corrected chi connectivity index (χ3v) is 3.45. The number of allylic oxidation sites excluding steroid dienone is 1. The fourth-order valence-corrected chi connectivity index (χ4v) is 2.48. The molecule has 1 spiro atoms. The van der Waals surface area contributed by atoms with E-state index >= 15 is 0 Å². The lowest BCUT2D eigenvalue weighted by Gasteiger charge is -2.47. The highest BCUT2D eigenvalue weighted by atomic mass is 16.5. The summed E-state index contributed by atoms with van der Waals surface area (Å²) >= 11 is 0. The molecule has 1 saturated heterocycles. The normalized spacial score (nSPS) is 29.9. The molecular weight excluding hydrogens is 216 g/mol. The highest BCUT2D eigenvalue weighted by Crippen LogP contribution is 2.46. The number of hydrogen-bond donors (Lipinski definition) is 0. The molecule has 2 aliphatic rings. The van der Waals surface area contributed by atoms with Crippen LogP contribution < -0.4 is 0 Å². The fourth-order valence-electron chi connectivity index (χ4n) is 2.48. The van der Waals surface area contributed by atoms with Crippen LogP contribution in [0.1, 0.15) is 29.3 Å². The second-order valence-electron chi connectivity index (χ2n) is 4.55. The van der Waals surface area contributed by atoms with Crippen LogP contribution >= 0.6 is 0 Å². The Morgan fingerprint density at radius 1 is 1.41 bits per heavy atom. The summed E-state index contributed by atoms with van der Waals surface area (Å²) in [6.07, 6.45) is 3.61. The van der Waals surface area contributed by atoms with Gasteiger partial charge in [-0.1, -0.05) is 24.3 Å². The zero-order valence-corrected chi connectivity index (χ0v) is 9.47. The number of carbonyl (C=O) groups is 2.